The molecule has 5 nitrogen and oxygen atoms in total. The first-order valence-electron chi connectivity index (χ1n) is 8.78. The maximum absolute atomic E-state index is 14.0. The van der Waals surface area contributed by atoms with Crippen LogP contribution in [-0.2, 0) is 4.79 Å². The van der Waals surface area contributed by atoms with Gasteiger partial charge >= 0.3 is 5.97 Å². The van der Waals surface area contributed by atoms with Gasteiger partial charge in [0.15, 0.2) is 5.78 Å². The number of benzene rings is 2. The van der Waals surface area contributed by atoms with Crippen molar-refractivity contribution in [2.24, 2.45) is 0 Å². The molecule has 3 rings (SSSR count). The van der Waals surface area contributed by atoms with Gasteiger partial charge in [-0.25, -0.2) is 4.39 Å². The van der Waals surface area contributed by atoms with Gasteiger partial charge in [0, 0.05) is 24.1 Å². The lowest BCUT2D eigenvalue weighted by atomic mass is 10.0. The number of hydrogen-bond donors (Lipinski definition) is 1. The van der Waals surface area contributed by atoms with E-state index < -0.39 is 11.8 Å². The van der Waals surface area contributed by atoms with Crippen molar-refractivity contribution in [2.45, 2.75) is 32.6 Å². The molecule has 1 aliphatic carbocycles. The first-order chi connectivity index (χ1) is 12.9. The van der Waals surface area contributed by atoms with E-state index in [2.05, 4.69) is 5.32 Å². The van der Waals surface area contributed by atoms with Gasteiger partial charge < -0.3 is 10.1 Å². The van der Waals surface area contributed by atoms with Crippen molar-refractivity contribution in [3.8, 4) is 5.75 Å². The summed E-state index contributed by atoms with van der Waals surface area (Å²) in [4.78, 5) is 36.2. The average molecular weight is 369 g/mol. The Labute approximate surface area is 156 Å². The summed E-state index contributed by atoms with van der Waals surface area (Å²) in [5.41, 5.74) is 1.93. The maximum Gasteiger partial charge on any atom is 0.312 e. The van der Waals surface area contributed by atoms with Crippen molar-refractivity contribution in [1.29, 1.82) is 0 Å². The van der Waals surface area contributed by atoms with Gasteiger partial charge in [0.2, 0.25) is 0 Å². The van der Waals surface area contributed by atoms with Crippen LogP contribution >= 0.6 is 0 Å². The van der Waals surface area contributed by atoms with Crippen LogP contribution in [0.15, 0.2) is 36.4 Å². The molecule has 0 fully saturated rings. The summed E-state index contributed by atoms with van der Waals surface area (Å²) in [6.45, 7) is 3.75. The third kappa shape index (κ3) is 4.05. The fraction of sp³-hybridized carbons (Fsp3) is 0.286. The van der Waals surface area contributed by atoms with Gasteiger partial charge in [-0.15, -0.1) is 0 Å². The molecule has 27 heavy (non-hydrogen) atoms. The molecule has 0 spiro atoms. The van der Waals surface area contributed by atoms with Crippen LogP contribution in [0.5, 0.6) is 5.75 Å². The van der Waals surface area contributed by atoms with Gasteiger partial charge in [-0.2, -0.15) is 0 Å². The highest BCUT2D eigenvalue weighted by atomic mass is 19.1. The Hall–Kier alpha value is -3.02. The van der Waals surface area contributed by atoms with Gasteiger partial charge in [0.25, 0.3) is 5.91 Å². The smallest absolute Gasteiger partial charge is 0.312 e. The van der Waals surface area contributed by atoms with Gasteiger partial charge in [-0.1, -0.05) is 24.6 Å². The van der Waals surface area contributed by atoms with Crippen molar-refractivity contribution in [3.05, 3.63) is 64.5 Å². The summed E-state index contributed by atoms with van der Waals surface area (Å²) in [5.74, 6) is -1.73. The standard InChI is InChI=1S/C21H20FNO4/c1-12-4-3-5-14(10-12)21(26)23-9-8-18(25)27-17-7-6-15(22)19-13(2)11-16(24)20(17)19/h3-7,10,13H,8-9,11H2,1-2H3,(H,23,26). The Bertz CT molecular complexity index is 922. The monoisotopic (exact) mass is 369 g/mol. The topological polar surface area (TPSA) is 72.5 Å². The predicted molar refractivity (Wildman–Crippen MR) is 97.5 cm³/mol. The van der Waals surface area contributed by atoms with Crippen LogP contribution in [-0.4, -0.2) is 24.2 Å². The second kappa shape index (κ2) is 7.70. The third-order valence-electron chi connectivity index (χ3n) is 4.54. The van der Waals surface area contributed by atoms with E-state index in [4.69, 9.17) is 4.74 Å². The molecule has 140 valence electrons. The lowest BCUT2D eigenvalue weighted by molar-refractivity contribution is -0.134. The summed E-state index contributed by atoms with van der Waals surface area (Å²) in [7, 11) is 0. The largest absolute Gasteiger partial charge is 0.426 e. The summed E-state index contributed by atoms with van der Waals surface area (Å²) < 4.78 is 19.2. The highest BCUT2D eigenvalue weighted by molar-refractivity contribution is 6.04. The molecule has 1 amide bonds. The number of nitrogens with one attached hydrogen (secondary N) is 1. The number of amides is 1. The van der Waals surface area contributed by atoms with Crippen LogP contribution in [0.25, 0.3) is 0 Å². The number of aryl methyl sites for hydroxylation is 1. The minimum absolute atomic E-state index is 0.0621. The average Bonchev–Trinajstić information content (AvgIpc) is 2.93. The summed E-state index contributed by atoms with van der Waals surface area (Å²) in [5, 5.41) is 2.65. The fourth-order valence-electron chi connectivity index (χ4n) is 3.25. The SMILES string of the molecule is Cc1cccc(C(=O)NCCC(=O)Oc2ccc(F)c3c2C(=O)CC3C)c1. The van der Waals surface area contributed by atoms with Gasteiger partial charge in [-0.05, 0) is 37.1 Å². The Kier molecular flexibility index (Phi) is 5.35. The van der Waals surface area contributed by atoms with Crippen molar-refractivity contribution in [2.75, 3.05) is 6.54 Å². The molecule has 1 N–H and O–H groups in total. The van der Waals surface area contributed by atoms with Gasteiger partial charge in [0.1, 0.15) is 11.6 Å². The molecule has 1 aliphatic rings. The van der Waals surface area contributed by atoms with E-state index in [0.29, 0.717) is 11.1 Å². The van der Waals surface area contributed by atoms with E-state index >= 15 is 0 Å². The van der Waals surface area contributed by atoms with Crippen LogP contribution in [0.4, 0.5) is 4.39 Å². The molecule has 1 atom stereocenters. The lowest BCUT2D eigenvalue weighted by Crippen LogP contribution is -2.27. The van der Waals surface area contributed by atoms with E-state index in [1.165, 1.54) is 12.1 Å². The quantitative estimate of drug-likeness (QED) is 0.646. The molecule has 0 heterocycles. The van der Waals surface area contributed by atoms with Crippen molar-refractivity contribution in [3.63, 3.8) is 0 Å². The second-order valence-electron chi connectivity index (χ2n) is 6.71. The van der Waals surface area contributed by atoms with Crippen molar-refractivity contribution >= 4 is 17.7 Å². The zero-order valence-electron chi connectivity index (χ0n) is 15.2. The molecule has 2 aromatic rings. The highest BCUT2D eigenvalue weighted by Crippen LogP contribution is 2.39. The Morgan fingerprint density at radius 3 is 2.78 bits per heavy atom. The number of ketones is 1. The number of Topliss-reactive ketones (excluding diaryl/α,β-unsaturated/α-hetero) is 1. The van der Waals surface area contributed by atoms with E-state index in [1.54, 1.807) is 25.1 Å². The molecule has 6 heteroatoms. The molecule has 0 aliphatic heterocycles. The Morgan fingerprint density at radius 2 is 2.04 bits per heavy atom. The number of rotatable bonds is 5. The zero-order chi connectivity index (χ0) is 19.6. The molecule has 0 saturated carbocycles. The zero-order valence-corrected chi connectivity index (χ0v) is 15.2. The van der Waals surface area contributed by atoms with Crippen molar-refractivity contribution in [1.82, 2.24) is 5.32 Å². The normalized spacial score (nSPS) is 15.4. The predicted octanol–water partition coefficient (Wildman–Crippen LogP) is 3.55. The number of ether oxygens (including phenoxy) is 1. The van der Waals surface area contributed by atoms with Gasteiger partial charge in [-0.3, -0.25) is 14.4 Å². The number of esters is 1. The third-order valence-corrected chi connectivity index (χ3v) is 4.54. The first-order valence-corrected chi connectivity index (χ1v) is 8.78. The van der Waals surface area contributed by atoms with E-state index in [0.717, 1.165) is 5.56 Å². The molecular formula is C21H20FNO4. The molecule has 0 saturated heterocycles. The molecular weight excluding hydrogens is 349 g/mol. The van der Waals surface area contributed by atoms with Crippen LogP contribution < -0.4 is 10.1 Å². The lowest BCUT2D eigenvalue weighted by Gasteiger charge is -2.11. The van der Waals surface area contributed by atoms with E-state index in [9.17, 15) is 18.8 Å². The molecule has 2 aromatic carbocycles. The molecule has 0 aromatic heterocycles. The number of halogens is 1. The minimum atomic E-state index is -0.597. The maximum atomic E-state index is 14.0. The fourth-order valence-corrected chi connectivity index (χ4v) is 3.25. The van der Waals surface area contributed by atoms with E-state index in [1.807, 2.05) is 13.0 Å². The summed E-state index contributed by atoms with van der Waals surface area (Å²) >= 11 is 0. The second-order valence-corrected chi connectivity index (χ2v) is 6.71. The van der Waals surface area contributed by atoms with Crippen LogP contribution in [0.2, 0.25) is 0 Å². The number of fused-ring (bicyclic) bond motifs is 1. The molecule has 0 bridgehead atoms. The van der Waals surface area contributed by atoms with Crippen LogP contribution in [0.1, 0.15) is 57.5 Å². The van der Waals surface area contributed by atoms with Crippen molar-refractivity contribution < 1.29 is 23.5 Å². The summed E-state index contributed by atoms with van der Waals surface area (Å²) in [6.07, 6.45) is 0.140. The summed E-state index contributed by atoms with van der Waals surface area (Å²) in [6, 6.07) is 9.62. The highest BCUT2D eigenvalue weighted by Gasteiger charge is 2.33. The Balaban J connectivity index is 1.59. The number of carbonyl (C=O) groups excluding carboxylic acids is 3. The van der Waals surface area contributed by atoms with Gasteiger partial charge in [0.05, 0.1) is 12.0 Å². The number of carbonyl (C=O) groups is 3. The molecule has 0 radical (unpaired) electrons. The van der Waals surface area contributed by atoms with Crippen LogP contribution in [0, 0.1) is 12.7 Å². The number of hydrogen-bond acceptors (Lipinski definition) is 4. The first kappa shape index (κ1) is 18.8. The Morgan fingerprint density at radius 1 is 1.26 bits per heavy atom. The molecule has 1 unspecified atom stereocenters. The van der Waals surface area contributed by atoms with Crippen LogP contribution in [0.3, 0.4) is 0 Å². The van der Waals surface area contributed by atoms with E-state index in [-0.39, 0.29) is 48.3 Å². The minimum Gasteiger partial charge on any atom is -0.426 e.